The first kappa shape index (κ1) is 23.0. The maximum absolute atomic E-state index is 9.60. The molecule has 0 radical (unpaired) electrons. The number of nitrogens with two attached hydrogens (primary N) is 1. The number of ether oxygens (including phenoxy) is 1. The number of carbonyl (C=O) groups excluding carboxylic acids is 1. The number of aliphatic carboxylic acids is 1. The van der Waals surface area contributed by atoms with Crippen LogP contribution in [0.5, 0.6) is 0 Å². The Morgan fingerprint density at radius 2 is 2.00 bits per heavy atom. The van der Waals surface area contributed by atoms with Gasteiger partial charge in [0.25, 0.3) is 0 Å². The molecular formula is C6H15CaNO5. The van der Waals surface area contributed by atoms with Gasteiger partial charge in [0, 0.05) is 6.08 Å². The average Bonchev–Trinajstić information content (AvgIpc) is 1.89. The maximum atomic E-state index is 9.60. The summed E-state index contributed by atoms with van der Waals surface area (Å²) in [6, 6.07) is 0. The predicted octanol–water partition coefficient (Wildman–Crippen LogP) is -0.622. The molecule has 0 aliphatic heterocycles. The monoisotopic (exact) mass is 221 g/mol. The van der Waals surface area contributed by atoms with Crippen LogP contribution >= 0.6 is 0 Å². The summed E-state index contributed by atoms with van der Waals surface area (Å²) >= 11 is 0. The van der Waals surface area contributed by atoms with Gasteiger partial charge in [-0.3, -0.25) is 0 Å². The molecule has 0 aromatic heterocycles. The predicted molar refractivity (Wildman–Crippen MR) is 50.6 cm³/mol. The van der Waals surface area contributed by atoms with Crippen molar-refractivity contribution >= 4 is 49.8 Å². The number of rotatable bonds is 2. The molecule has 0 atom stereocenters. The topological polar surface area (TPSA) is 121 Å². The summed E-state index contributed by atoms with van der Waals surface area (Å²) in [6.45, 7) is 5.02. The van der Waals surface area contributed by atoms with E-state index in [0.29, 0.717) is 6.61 Å². The van der Waals surface area contributed by atoms with Crippen LogP contribution < -0.4 is 5.73 Å². The molecule has 5 N–H and O–H groups in total. The van der Waals surface area contributed by atoms with Crippen LogP contribution in [0, 0.1) is 0 Å². The summed E-state index contributed by atoms with van der Waals surface area (Å²) in [6.07, 6.45) is 0.123. The molecular weight excluding hydrogens is 206 g/mol. The first-order chi connectivity index (χ1) is 5.04. The number of carboxylic acids is 1. The van der Waals surface area contributed by atoms with E-state index in [2.05, 4.69) is 17.0 Å². The number of hydrogen-bond acceptors (Lipinski definition) is 3. The minimum Gasteiger partial charge on any atom is -1.00 e. The van der Waals surface area contributed by atoms with Gasteiger partial charge < -0.3 is 23.9 Å². The van der Waals surface area contributed by atoms with E-state index in [0.717, 1.165) is 6.08 Å². The van der Waals surface area contributed by atoms with E-state index in [1.54, 1.807) is 6.92 Å². The van der Waals surface area contributed by atoms with Crippen LogP contribution in [0.1, 0.15) is 9.78 Å². The molecule has 0 aliphatic carbocycles. The average molecular weight is 221 g/mol. The summed E-state index contributed by atoms with van der Waals surface area (Å²) in [5.74, 6) is -0.981. The summed E-state index contributed by atoms with van der Waals surface area (Å²) < 4.78 is 4.18. The van der Waals surface area contributed by atoms with Crippen molar-refractivity contribution in [3.63, 3.8) is 0 Å². The number of amides is 1. The molecule has 76 valence electrons. The van der Waals surface area contributed by atoms with Crippen molar-refractivity contribution < 1.29 is 27.8 Å². The Balaban J connectivity index is -0.0000000215. The molecule has 6 nitrogen and oxygen atoms in total. The van der Waals surface area contributed by atoms with Gasteiger partial charge >= 0.3 is 49.8 Å². The number of primary amides is 1. The van der Waals surface area contributed by atoms with Crippen LogP contribution in [0.2, 0.25) is 0 Å². The first-order valence-corrected chi connectivity index (χ1v) is 2.82. The molecule has 0 aromatic rings. The number of hydrogen-bond donors (Lipinski definition) is 2. The van der Waals surface area contributed by atoms with E-state index in [1.807, 2.05) is 0 Å². The molecule has 0 saturated carbocycles. The third-order valence-corrected chi connectivity index (χ3v) is 0.461. The second-order valence-electron chi connectivity index (χ2n) is 1.29. The Morgan fingerprint density at radius 1 is 1.69 bits per heavy atom. The molecule has 0 aliphatic rings. The largest absolute Gasteiger partial charge is 2.00 e. The number of carbonyl (C=O) groups is 2. The van der Waals surface area contributed by atoms with Crippen LogP contribution in [0.3, 0.4) is 0 Å². The number of carboxylic acid groups (broad SMARTS) is 1. The van der Waals surface area contributed by atoms with Gasteiger partial charge in [-0.25, -0.2) is 9.59 Å². The van der Waals surface area contributed by atoms with Crippen LogP contribution in [0.25, 0.3) is 0 Å². The molecule has 1 amide bonds. The summed E-state index contributed by atoms with van der Waals surface area (Å²) in [5.41, 5.74) is 4.54. The minimum absolute atomic E-state index is 0. The van der Waals surface area contributed by atoms with Crippen LogP contribution in [0.15, 0.2) is 12.7 Å². The smallest absolute Gasteiger partial charge is 1.00 e. The van der Waals surface area contributed by atoms with Gasteiger partial charge in [-0.1, -0.05) is 6.58 Å². The van der Waals surface area contributed by atoms with E-state index in [4.69, 9.17) is 5.11 Å². The third kappa shape index (κ3) is 49.8. The zero-order valence-corrected chi connectivity index (χ0v) is 9.66. The van der Waals surface area contributed by atoms with Crippen molar-refractivity contribution in [2.24, 2.45) is 5.73 Å². The van der Waals surface area contributed by atoms with Gasteiger partial charge in [0.05, 0.1) is 6.61 Å². The van der Waals surface area contributed by atoms with Crippen LogP contribution in [-0.2, 0) is 9.53 Å². The zero-order chi connectivity index (χ0) is 9.28. The molecule has 13 heavy (non-hydrogen) atoms. The van der Waals surface area contributed by atoms with Crippen molar-refractivity contribution in [2.45, 2.75) is 6.92 Å². The van der Waals surface area contributed by atoms with E-state index in [1.165, 1.54) is 0 Å². The van der Waals surface area contributed by atoms with Gasteiger partial charge in [-0.2, -0.15) is 0 Å². The summed E-state index contributed by atoms with van der Waals surface area (Å²) in [4.78, 5) is 18.8. The molecule has 7 heteroatoms. The zero-order valence-electron chi connectivity index (χ0n) is 9.45. The van der Waals surface area contributed by atoms with Crippen LogP contribution in [0.4, 0.5) is 4.79 Å². The van der Waals surface area contributed by atoms with Crippen LogP contribution in [-0.4, -0.2) is 67.0 Å². The van der Waals surface area contributed by atoms with Crippen molar-refractivity contribution in [3.8, 4) is 0 Å². The Hall–Kier alpha value is -0.300. The van der Waals surface area contributed by atoms with Gasteiger partial charge in [0.2, 0.25) is 0 Å². The van der Waals surface area contributed by atoms with Gasteiger partial charge in [-0.05, 0) is 6.92 Å². The van der Waals surface area contributed by atoms with Gasteiger partial charge in [0.1, 0.15) is 0 Å². The Morgan fingerprint density at radius 3 is 2.00 bits per heavy atom. The van der Waals surface area contributed by atoms with E-state index >= 15 is 0 Å². The fraction of sp³-hybridized carbons (Fsp3) is 0.333. The molecule has 0 unspecified atom stereocenters. The normalized spacial score (nSPS) is 5.92. The second-order valence-corrected chi connectivity index (χ2v) is 1.29. The van der Waals surface area contributed by atoms with E-state index < -0.39 is 12.1 Å². The molecule has 0 rings (SSSR count). The first-order valence-electron chi connectivity index (χ1n) is 2.82. The fourth-order valence-electron chi connectivity index (χ4n) is 0.142. The molecule has 0 fully saturated rings. The Labute approximate surface area is 109 Å². The Kier molecular flexibility index (Phi) is 31.3. The van der Waals surface area contributed by atoms with Crippen molar-refractivity contribution in [3.05, 3.63) is 12.7 Å². The molecule has 0 heterocycles. The third-order valence-electron chi connectivity index (χ3n) is 0.461. The summed E-state index contributed by atoms with van der Waals surface area (Å²) in [7, 11) is 0. The quantitative estimate of drug-likeness (QED) is 0.476. The summed E-state index contributed by atoms with van der Waals surface area (Å²) in [5, 5.41) is 7.60. The maximum Gasteiger partial charge on any atom is 2.00 e. The molecule has 0 aromatic carbocycles. The van der Waals surface area contributed by atoms with Crippen molar-refractivity contribution in [1.82, 2.24) is 0 Å². The van der Waals surface area contributed by atoms with Crippen molar-refractivity contribution in [2.75, 3.05) is 6.61 Å². The Bertz CT molecular complexity index is 158. The SMILES string of the molecule is C=CC(=O)O.CCOC(N)=O.O.[Ca+2].[H-].[H-]. The van der Waals surface area contributed by atoms with Gasteiger partial charge in [-0.15, -0.1) is 0 Å². The van der Waals surface area contributed by atoms with Crippen molar-refractivity contribution in [1.29, 1.82) is 0 Å². The second kappa shape index (κ2) is 17.7. The fourth-order valence-corrected chi connectivity index (χ4v) is 0.142. The standard InChI is InChI=1S/C3H7NO2.C3H4O2.Ca.H2O.2H/c1-2-6-3(4)5;1-2-3(4)5;;;;/h2H2,1H3,(H2,4,5);2H,1H2,(H,4,5);;1H2;;/q;;+2;;2*-1. The van der Waals surface area contributed by atoms with E-state index in [9.17, 15) is 9.59 Å². The molecule has 0 spiro atoms. The minimum atomic E-state index is -0.981. The van der Waals surface area contributed by atoms with E-state index in [-0.39, 0.29) is 46.1 Å². The van der Waals surface area contributed by atoms with Gasteiger partial charge in [0.15, 0.2) is 0 Å². The molecule has 0 bridgehead atoms. The molecule has 0 saturated heterocycles.